The smallest absolute Gasteiger partial charge is 0.242 e. The number of nitrogens with zero attached hydrogens (tertiary/aromatic N) is 1. The summed E-state index contributed by atoms with van der Waals surface area (Å²) in [6.45, 7) is 4.33. The third kappa shape index (κ3) is 3.68. The van der Waals surface area contributed by atoms with Crippen LogP contribution in [0, 0.1) is 11.8 Å². The first kappa shape index (κ1) is 15.2. The van der Waals surface area contributed by atoms with Gasteiger partial charge < -0.3 is 5.43 Å². The maximum atomic E-state index is 12.3. The number of hydrogen-bond acceptors (Lipinski definition) is 5. The second-order valence-electron chi connectivity index (χ2n) is 5.76. The van der Waals surface area contributed by atoms with Crippen molar-refractivity contribution in [2.75, 3.05) is 5.43 Å². The molecule has 0 spiro atoms. The lowest BCUT2D eigenvalue weighted by Gasteiger charge is -2.31. The molecule has 0 bridgehead atoms. The fraction of sp³-hybridized carbons (Fsp3) is 0.615. The maximum Gasteiger partial charge on any atom is 0.242 e. The molecule has 0 radical (unpaired) electrons. The molecule has 0 amide bonds. The standard InChI is InChI=1S/C13H22N4O2S/c1-9-5-10(2)7-11(6-9)17-20(18,19)12-3-4-13(16-14)15-8-12/h3-4,8-11,17H,5-7,14H2,1-2H3,(H,15,16). The summed E-state index contributed by atoms with van der Waals surface area (Å²) in [4.78, 5) is 4.10. The fourth-order valence-electron chi connectivity index (χ4n) is 2.96. The van der Waals surface area contributed by atoms with E-state index in [-0.39, 0.29) is 10.9 Å². The minimum absolute atomic E-state index is 0.00561. The summed E-state index contributed by atoms with van der Waals surface area (Å²) >= 11 is 0. The lowest BCUT2D eigenvalue weighted by molar-refractivity contribution is 0.257. The number of nitrogens with two attached hydrogens (primary N) is 1. The van der Waals surface area contributed by atoms with Gasteiger partial charge in [-0.05, 0) is 43.2 Å². The number of sulfonamides is 1. The van der Waals surface area contributed by atoms with E-state index in [0.717, 1.165) is 19.3 Å². The van der Waals surface area contributed by atoms with Crippen LogP contribution in [0.1, 0.15) is 33.1 Å². The van der Waals surface area contributed by atoms with Gasteiger partial charge in [-0.25, -0.2) is 24.0 Å². The Morgan fingerprint density at radius 2 is 1.85 bits per heavy atom. The van der Waals surface area contributed by atoms with Crippen LogP contribution < -0.4 is 16.0 Å². The highest BCUT2D eigenvalue weighted by Gasteiger charge is 2.28. The van der Waals surface area contributed by atoms with Crippen molar-refractivity contribution in [2.24, 2.45) is 17.7 Å². The molecule has 0 saturated heterocycles. The summed E-state index contributed by atoms with van der Waals surface area (Å²) in [5.74, 6) is 6.74. The van der Waals surface area contributed by atoms with Gasteiger partial charge in [0.05, 0.1) is 0 Å². The van der Waals surface area contributed by atoms with Gasteiger partial charge in [0.15, 0.2) is 0 Å². The molecule has 0 aliphatic heterocycles. The number of nitrogens with one attached hydrogen (secondary N) is 2. The Balaban J connectivity index is 2.09. The highest BCUT2D eigenvalue weighted by molar-refractivity contribution is 7.89. The number of hydrazine groups is 1. The molecular formula is C13H22N4O2S. The number of rotatable bonds is 4. The van der Waals surface area contributed by atoms with Crippen molar-refractivity contribution in [2.45, 2.75) is 44.0 Å². The first-order valence-electron chi connectivity index (χ1n) is 6.85. The number of anilines is 1. The summed E-state index contributed by atoms with van der Waals surface area (Å²) in [7, 11) is -3.51. The Bertz CT molecular complexity index is 534. The molecule has 1 aliphatic rings. The van der Waals surface area contributed by atoms with Crippen LogP contribution in [-0.4, -0.2) is 19.4 Å². The molecule has 2 unspecified atom stereocenters. The molecule has 20 heavy (non-hydrogen) atoms. The summed E-state index contributed by atoms with van der Waals surface area (Å²) in [5.41, 5.74) is 2.37. The molecule has 7 heteroatoms. The Hall–Kier alpha value is -1.18. The first-order valence-corrected chi connectivity index (χ1v) is 8.34. The molecule has 1 aromatic rings. The summed E-state index contributed by atoms with van der Waals surface area (Å²) in [6.07, 6.45) is 4.25. The van der Waals surface area contributed by atoms with Crippen LogP contribution in [0.3, 0.4) is 0 Å². The minimum Gasteiger partial charge on any atom is -0.308 e. The molecule has 1 heterocycles. The second kappa shape index (κ2) is 6.07. The molecule has 0 aromatic carbocycles. The molecule has 1 saturated carbocycles. The number of hydrogen-bond donors (Lipinski definition) is 3. The molecule has 1 aliphatic carbocycles. The first-order chi connectivity index (χ1) is 9.40. The van der Waals surface area contributed by atoms with Crippen molar-refractivity contribution >= 4 is 15.8 Å². The summed E-state index contributed by atoms with van der Waals surface area (Å²) < 4.78 is 27.4. The molecule has 1 fully saturated rings. The van der Waals surface area contributed by atoms with E-state index >= 15 is 0 Å². The van der Waals surface area contributed by atoms with Gasteiger partial charge in [-0.15, -0.1) is 0 Å². The topological polar surface area (TPSA) is 97.1 Å². The third-order valence-corrected chi connectivity index (χ3v) is 5.20. The van der Waals surface area contributed by atoms with Gasteiger partial charge in [-0.1, -0.05) is 13.8 Å². The van der Waals surface area contributed by atoms with Gasteiger partial charge in [-0.3, -0.25) is 0 Å². The highest BCUT2D eigenvalue weighted by atomic mass is 32.2. The van der Waals surface area contributed by atoms with Crippen molar-refractivity contribution in [3.63, 3.8) is 0 Å². The average Bonchev–Trinajstić information content (AvgIpc) is 2.37. The van der Waals surface area contributed by atoms with Crippen LogP contribution in [0.4, 0.5) is 5.82 Å². The van der Waals surface area contributed by atoms with Crippen molar-refractivity contribution in [1.82, 2.24) is 9.71 Å². The fourth-order valence-corrected chi connectivity index (χ4v) is 4.16. The zero-order chi connectivity index (χ0) is 14.8. The third-order valence-electron chi connectivity index (χ3n) is 3.69. The molecule has 6 nitrogen and oxygen atoms in total. The van der Waals surface area contributed by atoms with Crippen LogP contribution >= 0.6 is 0 Å². The lowest BCUT2D eigenvalue weighted by Crippen LogP contribution is -2.40. The molecular weight excluding hydrogens is 276 g/mol. The molecule has 4 N–H and O–H groups in total. The Morgan fingerprint density at radius 3 is 2.35 bits per heavy atom. The van der Waals surface area contributed by atoms with Gasteiger partial charge in [0, 0.05) is 12.2 Å². The van der Waals surface area contributed by atoms with Crippen molar-refractivity contribution in [3.8, 4) is 0 Å². The van der Waals surface area contributed by atoms with Gasteiger partial charge in [0.1, 0.15) is 10.7 Å². The van der Waals surface area contributed by atoms with E-state index in [0.29, 0.717) is 17.7 Å². The van der Waals surface area contributed by atoms with Crippen LogP contribution in [0.2, 0.25) is 0 Å². The Morgan fingerprint density at radius 1 is 1.20 bits per heavy atom. The van der Waals surface area contributed by atoms with Crippen LogP contribution in [-0.2, 0) is 10.0 Å². The van der Waals surface area contributed by atoms with E-state index in [1.54, 1.807) is 6.07 Å². The lowest BCUT2D eigenvalue weighted by atomic mass is 9.81. The van der Waals surface area contributed by atoms with Crippen molar-refractivity contribution < 1.29 is 8.42 Å². The average molecular weight is 298 g/mol. The van der Waals surface area contributed by atoms with Crippen LogP contribution in [0.15, 0.2) is 23.2 Å². The monoisotopic (exact) mass is 298 g/mol. The largest absolute Gasteiger partial charge is 0.308 e. The van der Waals surface area contributed by atoms with Crippen molar-refractivity contribution in [1.29, 1.82) is 0 Å². The van der Waals surface area contributed by atoms with E-state index in [1.807, 2.05) is 0 Å². The summed E-state index contributed by atoms with van der Waals surface area (Å²) in [6, 6.07) is 3.05. The van der Waals surface area contributed by atoms with Gasteiger partial charge in [0.25, 0.3) is 0 Å². The van der Waals surface area contributed by atoms with E-state index < -0.39 is 10.0 Å². The SMILES string of the molecule is CC1CC(C)CC(NS(=O)(=O)c2ccc(NN)nc2)C1. The number of aromatic nitrogens is 1. The van der Waals surface area contributed by atoms with E-state index in [1.165, 1.54) is 12.3 Å². The molecule has 2 rings (SSSR count). The minimum atomic E-state index is -3.51. The van der Waals surface area contributed by atoms with Crippen LogP contribution in [0.25, 0.3) is 0 Å². The van der Waals surface area contributed by atoms with E-state index in [2.05, 4.69) is 29.0 Å². The quantitative estimate of drug-likeness (QED) is 0.578. The summed E-state index contributed by atoms with van der Waals surface area (Å²) in [5, 5.41) is 0. The Labute approximate surface area is 120 Å². The highest BCUT2D eigenvalue weighted by Crippen LogP contribution is 2.29. The van der Waals surface area contributed by atoms with Gasteiger partial charge in [0.2, 0.25) is 10.0 Å². The van der Waals surface area contributed by atoms with E-state index in [9.17, 15) is 8.42 Å². The van der Waals surface area contributed by atoms with Gasteiger partial charge >= 0.3 is 0 Å². The molecule has 2 atom stereocenters. The van der Waals surface area contributed by atoms with Crippen LogP contribution in [0.5, 0.6) is 0 Å². The van der Waals surface area contributed by atoms with Gasteiger partial charge in [-0.2, -0.15) is 0 Å². The van der Waals surface area contributed by atoms with Crippen molar-refractivity contribution in [3.05, 3.63) is 18.3 Å². The predicted octanol–water partition coefficient (Wildman–Crippen LogP) is 1.47. The second-order valence-corrected chi connectivity index (χ2v) is 7.47. The zero-order valence-corrected chi connectivity index (χ0v) is 12.7. The number of pyridine rings is 1. The zero-order valence-electron chi connectivity index (χ0n) is 11.8. The normalized spacial score (nSPS) is 27.2. The molecule has 112 valence electrons. The van der Waals surface area contributed by atoms with E-state index in [4.69, 9.17) is 5.84 Å². The maximum absolute atomic E-state index is 12.3. The predicted molar refractivity (Wildman–Crippen MR) is 78.3 cm³/mol. The number of nitrogen functional groups attached to an aromatic ring is 1. The molecule has 1 aromatic heterocycles. The Kier molecular flexibility index (Phi) is 4.62.